The largest absolute Gasteiger partial charge is 0.466 e. The molecule has 10 nitrogen and oxygen atoms in total. The van der Waals surface area contributed by atoms with Gasteiger partial charge in [-0.05, 0) is 26.0 Å². The minimum Gasteiger partial charge on any atom is -0.466 e. The van der Waals surface area contributed by atoms with Crippen LogP contribution in [0.25, 0.3) is 10.9 Å². The number of para-hydroxylation sites is 1. The highest BCUT2D eigenvalue weighted by Crippen LogP contribution is 2.19. The molecule has 0 aliphatic heterocycles. The Balaban J connectivity index is 1.80. The predicted octanol–water partition coefficient (Wildman–Crippen LogP) is 2.41. The van der Waals surface area contributed by atoms with Crippen LogP contribution >= 0.6 is 11.6 Å². The van der Waals surface area contributed by atoms with Crippen LogP contribution in [0.3, 0.4) is 0 Å². The van der Waals surface area contributed by atoms with Crippen LogP contribution in [0.5, 0.6) is 0 Å². The highest BCUT2D eigenvalue weighted by molar-refractivity contribution is 6.30. The first-order valence-electron chi connectivity index (χ1n) is 11.5. The van der Waals surface area contributed by atoms with E-state index in [9.17, 15) is 23.6 Å². The number of nitrogens with zero attached hydrogens (tertiary/aromatic N) is 3. The van der Waals surface area contributed by atoms with Gasteiger partial charge in [0.15, 0.2) is 5.69 Å². The number of ether oxygens (including phenoxy) is 1. The van der Waals surface area contributed by atoms with Gasteiger partial charge >= 0.3 is 5.97 Å². The summed E-state index contributed by atoms with van der Waals surface area (Å²) in [4.78, 5) is 51.2. The first-order valence-corrected chi connectivity index (χ1v) is 11.9. The highest BCUT2D eigenvalue weighted by Gasteiger charge is 2.27. The van der Waals surface area contributed by atoms with E-state index in [-0.39, 0.29) is 42.4 Å². The molecule has 0 saturated carbocycles. The van der Waals surface area contributed by atoms with E-state index in [2.05, 4.69) is 10.4 Å². The second-order valence-corrected chi connectivity index (χ2v) is 8.66. The molecule has 1 unspecified atom stereocenters. The monoisotopic (exact) mass is 531 g/mol. The third-order valence-corrected chi connectivity index (χ3v) is 5.91. The van der Waals surface area contributed by atoms with Crippen LogP contribution < -0.4 is 11.1 Å². The van der Waals surface area contributed by atoms with Crippen LogP contribution in [0.15, 0.2) is 42.5 Å². The smallest absolute Gasteiger partial charge is 0.307 e. The maximum atomic E-state index is 14.2. The molecule has 1 atom stereocenters. The van der Waals surface area contributed by atoms with Crippen LogP contribution in [-0.4, -0.2) is 57.6 Å². The Labute approximate surface area is 217 Å². The Bertz CT molecular complexity index is 1330. The molecule has 0 fully saturated rings. The van der Waals surface area contributed by atoms with Gasteiger partial charge in [0, 0.05) is 23.5 Å². The number of carbonyl (C=O) groups excluding carboxylic acids is 4. The number of nitrogens with two attached hydrogens (primary N) is 1. The molecule has 3 amide bonds. The number of hydrogen-bond donors (Lipinski definition) is 2. The van der Waals surface area contributed by atoms with Crippen molar-refractivity contribution in [3.05, 3.63) is 64.6 Å². The van der Waals surface area contributed by atoms with Crippen molar-refractivity contribution in [2.24, 2.45) is 5.73 Å². The number of amides is 3. The molecule has 1 heterocycles. The van der Waals surface area contributed by atoms with Crippen LogP contribution in [0.2, 0.25) is 5.02 Å². The number of esters is 1. The molecule has 0 aliphatic rings. The zero-order chi connectivity index (χ0) is 27.1. The Morgan fingerprint density at radius 1 is 1.19 bits per heavy atom. The Morgan fingerprint density at radius 2 is 1.92 bits per heavy atom. The third kappa shape index (κ3) is 6.82. The van der Waals surface area contributed by atoms with Gasteiger partial charge < -0.3 is 20.7 Å². The molecule has 0 saturated heterocycles. The first-order chi connectivity index (χ1) is 17.6. The van der Waals surface area contributed by atoms with Gasteiger partial charge in [0.2, 0.25) is 11.8 Å². The number of primary amides is 1. The molecule has 1 aromatic heterocycles. The van der Waals surface area contributed by atoms with E-state index in [0.29, 0.717) is 10.9 Å². The number of nitrogens with one attached hydrogen (secondary N) is 1. The number of hydrogen-bond acceptors (Lipinski definition) is 6. The van der Waals surface area contributed by atoms with Gasteiger partial charge in [0.05, 0.1) is 30.1 Å². The average Bonchev–Trinajstić information content (AvgIpc) is 3.22. The molecule has 0 spiro atoms. The fraction of sp³-hybridized carbons (Fsp3) is 0.320. The average molecular weight is 532 g/mol. The molecule has 3 N–H and O–H groups in total. The summed E-state index contributed by atoms with van der Waals surface area (Å²) in [6.07, 6.45) is -0.151. The number of fused-ring (bicyclic) bond motifs is 1. The second-order valence-electron chi connectivity index (χ2n) is 8.26. The van der Waals surface area contributed by atoms with E-state index in [1.165, 1.54) is 21.7 Å². The lowest BCUT2D eigenvalue weighted by atomic mass is 10.2. The summed E-state index contributed by atoms with van der Waals surface area (Å²) >= 11 is 5.79. The van der Waals surface area contributed by atoms with Crippen LogP contribution in [0, 0.1) is 5.82 Å². The lowest BCUT2D eigenvalue weighted by molar-refractivity contribution is -0.147. The van der Waals surface area contributed by atoms with Crippen molar-refractivity contribution >= 4 is 46.2 Å². The van der Waals surface area contributed by atoms with Gasteiger partial charge in [-0.3, -0.25) is 23.9 Å². The number of halogens is 2. The molecule has 3 rings (SSSR count). The zero-order valence-corrected chi connectivity index (χ0v) is 21.1. The molecule has 12 heteroatoms. The molecule has 0 bridgehead atoms. The minimum atomic E-state index is -0.748. The van der Waals surface area contributed by atoms with E-state index in [4.69, 9.17) is 22.1 Å². The summed E-state index contributed by atoms with van der Waals surface area (Å²) in [5.74, 6) is -3.04. The lowest BCUT2D eigenvalue weighted by Gasteiger charge is -2.28. The molecule has 196 valence electrons. The predicted molar refractivity (Wildman–Crippen MR) is 134 cm³/mol. The van der Waals surface area contributed by atoms with Gasteiger partial charge in [-0.1, -0.05) is 41.9 Å². The Kier molecular flexibility index (Phi) is 9.18. The van der Waals surface area contributed by atoms with Crippen molar-refractivity contribution in [3.8, 4) is 0 Å². The van der Waals surface area contributed by atoms with Gasteiger partial charge in [-0.2, -0.15) is 5.10 Å². The number of carbonyl (C=O) groups is 4. The van der Waals surface area contributed by atoms with Gasteiger partial charge in [-0.15, -0.1) is 0 Å². The van der Waals surface area contributed by atoms with Gasteiger partial charge in [0.25, 0.3) is 5.91 Å². The second kappa shape index (κ2) is 12.3. The summed E-state index contributed by atoms with van der Waals surface area (Å²) < 4.78 is 20.5. The lowest BCUT2D eigenvalue weighted by Crippen LogP contribution is -2.47. The summed E-state index contributed by atoms with van der Waals surface area (Å²) in [7, 11) is 0. The zero-order valence-electron chi connectivity index (χ0n) is 20.4. The van der Waals surface area contributed by atoms with Gasteiger partial charge in [0.1, 0.15) is 12.4 Å². The van der Waals surface area contributed by atoms with Crippen molar-refractivity contribution in [2.75, 3.05) is 13.2 Å². The van der Waals surface area contributed by atoms with E-state index in [0.717, 1.165) is 0 Å². The summed E-state index contributed by atoms with van der Waals surface area (Å²) in [6, 6.07) is 10.5. The summed E-state index contributed by atoms with van der Waals surface area (Å²) in [5, 5.41) is 7.16. The summed E-state index contributed by atoms with van der Waals surface area (Å²) in [6.45, 7) is 2.55. The normalized spacial score (nSPS) is 11.7. The van der Waals surface area contributed by atoms with E-state index in [1.54, 1.807) is 44.2 Å². The molecular formula is C25H27ClFN5O5. The van der Waals surface area contributed by atoms with Crippen molar-refractivity contribution in [2.45, 2.75) is 39.4 Å². The van der Waals surface area contributed by atoms with E-state index < -0.39 is 42.1 Å². The van der Waals surface area contributed by atoms with Crippen molar-refractivity contribution in [3.63, 3.8) is 0 Å². The SMILES string of the molecule is CCOC(=O)CC(C)N(CC(=O)NCc1cccc(Cl)c1F)C(=O)Cn1nc(C(N)=O)c2ccccc21. The van der Waals surface area contributed by atoms with Crippen LogP contribution in [0.1, 0.15) is 36.3 Å². The topological polar surface area (TPSA) is 137 Å². The molecule has 3 aromatic rings. The number of aromatic nitrogens is 2. The maximum absolute atomic E-state index is 14.2. The number of benzene rings is 2. The standard InChI is InChI=1S/C25H27ClFN5O5/c1-3-37-22(35)11-15(2)31(13-20(33)29-12-16-7-6-9-18(26)23(16)27)21(34)14-32-19-10-5-4-8-17(19)24(30-32)25(28)36/h4-10,15H,3,11-14H2,1-2H3,(H2,28,36)(H,29,33). The third-order valence-electron chi connectivity index (χ3n) is 5.62. The first kappa shape index (κ1) is 27.6. The molecular weight excluding hydrogens is 505 g/mol. The molecule has 0 aliphatic carbocycles. The van der Waals surface area contributed by atoms with Crippen LogP contribution in [-0.2, 0) is 32.2 Å². The number of rotatable bonds is 11. The van der Waals surface area contributed by atoms with Crippen molar-refractivity contribution in [1.82, 2.24) is 20.0 Å². The minimum absolute atomic E-state index is 0.0100. The quantitative estimate of drug-likeness (QED) is 0.365. The van der Waals surface area contributed by atoms with E-state index >= 15 is 0 Å². The Hall–Kier alpha value is -3.99. The Morgan fingerprint density at radius 3 is 2.62 bits per heavy atom. The van der Waals surface area contributed by atoms with E-state index in [1.807, 2.05) is 0 Å². The van der Waals surface area contributed by atoms with Crippen molar-refractivity contribution in [1.29, 1.82) is 0 Å². The summed E-state index contributed by atoms with van der Waals surface area (Å²) in [5.41, 5.74) is 6.13. The highest BCUT2D eigenvalue weighted by atomic mass is 35.5. The maximum Gasteiger partial charge on any atom is 0.307 e. The van der Waals surface area contributed by atoms with Crippen molar-refractivity contribution < 1.29 is 28.3 Å². The van der Waals surface area contributed by atoms with Gasteiger partial charge in [-0.25, -0.2) is 4.39 Å². The molecule has 2 aromatic carbocycles. The fourth-order valence-electron chi connectivity index (χ4n) is 3.80. The molecule has 37 heavy (non-hydrogen) atoms. The molecule has 0 radical (unpaired) electrons. The van der Waals surface area contributed by atoms with Crippen LogP contribution in [0.4, 0.5) is 4.39 Å². The fourth-order valence-corrected chi connectivity index (χ4v) is 3.99.